The van der Waals surface area contributed by atoms with Crippen molar-refractivity contribution in [3.8, 4) is 0 Å². The van der Waals surface area contributed by atoms with E-state index in [0.29, 0.717) is 23.5 Å². The number of rotatable bonds is 6. The van der Waals surface area contributed by atoms with Crippen molar-refractivity contribution in [2.24, 2.45) is 0 Å². The third-order valence-electron chi connectivity index (χ3n) is 2.97. The molecular weight excluding hydrogens is 289 g/mol. The minimum atomic E-state index is -4.75. The van der Waals surface area contributed by atoms with E-state index in [1.165, 1.54) is 0 Å². The molecule has 0 fully saturated rings. The fraction of sp³-hybridized carbons (Fsp3) is 0.538. The first-order valence-corrected chi connectivity index (χ1v) is 6.46. The number of halogens is 3. The summed E-state index contributed by atoms with van der Waals surface area (Å²) >= 11 is 0. The lowest BCUT2D eigenvalue weighted by atomic mass is 10.1. The van der Waals surface area contributed by atoms with Gasteiger partial charge >= 0.3 is 6.18 Å². The van der Waals surface area contributed by atoms with Gasteiger partial charge in [0.2, 0.25) is 5.91 Å². The average Bonchev–Trinajstić information content (AvgIpc) is 2.39. The highest BCUT2D eigenvalue weighted by Gasteiger charge is 2.34. The van der Waals surface area contributed by atoms with Crippen LogP contribution in [0.15, 0.2) is 23.1 Å². The number of hydrogen-bond acceptors (Lipinski definition) is 3. The van der Waals surface area contributed by atoms with Gasteiger partial charge in [0.25, 0.3) is 5.56 Å². The van der Waals surface area contributed by atoms with Crippen LogP contribution in [0.1, 0.15) is 25.3 Å². The molecule has 0 aromatic carbocycles. The molecule has 0 aliphatic rings. The minimum absolute atomic E-state index is 0.109. The van der Waals surface area contributed by atoms with Gasteiger partial charge in [0.15, 0.2) is 0 Å². The summed E-state index contributed by atoms with van der Waals surface area (Å²) in [6.45, 7) is 1.20. The summed E-state index contributed by atoms with van der Waals surface area (Å²) in [5.74, 6) is -0.572. The Labute approximate surface area is 119 Å². The summed E-state index contributed by atoms with van der Waals surface area (Å²) in [5, 5.41) is 11.4. The van der Waals surface area contributed by atoms with Gasteiger partial charge in [-0.3, -0.25) is 9.59 Å². The lowest BCUT2D eigenvalue weighted by Crippen LogP contribution is -2.39. The summed E-state index contributed by atoms with van der Waals surface area (Å²) in [6.07, 6.45) is -2.70. The standard InChI is InChI=1S/C13H17F3N2O3/c1-2-9(5-7-19)17-11(20)8-18-6-3-4-10(12(18)21)13(14,15)16/h3-4,6,9,19H,2,5,7-8H2,1H3,(H,17,20). The van der Waals surface area contributed by atoms with Crippen LogP contribution in [0.2, 0.25) is 0 Å². The smallest absolute Gasteiger partial charge is 0.396 e. The average molecular weight is 306 g/mol. The Morgan fingerprint density at radius 1 is 1.48 bits per heavy atom. The topological polar surface area (TPSA) is 71.3 Å². The molecule has 0 saturated heterocycles. The summed E-state index contributed by atoms with van der Waals surface area (Å²) in [7, 11) is 0. The molecule has 1 heterocycles. The number of nitrogens with one attached hydrogen (secondary N) is 1. The summed E-state index contributed by atoms with van der Waals surface area (Å²) < 4.78 is 38.5. The van der Waals surface area contributed by atoms with Crippen molar-refractivity contribution in [1.29, 1.82) is 0 Å². The minimum Gasteiger partial charge on any atom is -0.396 e. The molecule has 1 rings (SSSR count). The highest BCUT2D eigenvalue weighted by Crippen LogP contribution is 2.25. The van der Waals surface area contributed by atoms with Gasteiger partial charge in [-0.25, -0.2) is 0 Å². The fourth-order valence-corrected chi connectivity index (χ4v) is 1.84. The molecule has 1 aromatic rings. The monoisotopic (exact) mass is 306 g/mol. The Balaban J connectivity index is 2.84. The van der Waals surface area contributed by atoms with E-state index in [1.54, 1.807) is 6.92 Å². The van der Waals surface area contributed by atoms with Gasteiger partial charge < -0.3 is 15.0 Å². The van der Waals surface area contributed by atoms with Crippen LogP contribution in [0.25, 0.3) is 0 Å². The van der Waals surface area contributed by atoms with Gasteiger partial charge in [0, 0.05) is 18.8 Å². The van der Waals surface area contributed by atoms with E-state index in [4.69, 9.17) is 5.11 Å². The zero-order valence-corrected chi connectivity index (χ0v) is 11.5. The molecule has 2 N–H and O–H groups in total. The first kappa shape index (κ1) is 17.2. The maximum atomic E-state index is 12.6. The Morgan fingerprint density at radius 3 is 2.67 bits per heavy atom. The summed E-state index contributed by atoms with van der Waals surface area (Å²) in [4.78, 5) is 23.4. The molecule has 0 aliphatic carbocycles. The van der Waals surface area contributed by atoms with Gasteiger partial charge in [-0.15, -0.1) is 0 Å². The molecule has 21 heavy (non-hydrogen) atoms. The van der Waals surface area contributed by atoms with Crippen LogP contribution >= 0.6 is 0 Å². The molecule has 0 saturated carbocycles. The molecule has 8 heteroatoms. The van der Waals surface area contributed by atoms with Crippen LogP contribution in [-0.4, -0.2) is 28.2 Å². The van der Waals surface area contributed by atoms with Gasteiger partial charge in [-0.05, 0) is 25.0 Å². The molecule has 5 nitrogen and oxygen atoms in total. The molecule has 0 radical (unpaired) electrons. The molecule has 0 bridgehead atoms. The van der Waals surface area contributed by atoms with Crippen LogP contribution in [0.4, 0.5) is 13.2 Å². The molecule has 1 unspecified atom stereocenters. The number of hydrogen-bond donors (Lipinski definition) is 2. The maximum Gasteiger partial charge on any atom is 0.421 e. The number of carbonyl (C=O) groups is 1. The van der Waals surface area contributed by atoms with Crippen LogP contribution in [-0.2, 0) is 17.5 Å². The summed E-state index contributed by atoms with van der Waals surface area (Å²) in [5.41, 5.74) is -2.56. The SMILES string of the molecule is CCC(CCO)NC(=O)Cn1cccc(C(F)(F)F)c1=O. The van der Waals surface area contributed by atoms with Crippen molar-refractivity contribution in [1.82, 2.24) is 9.88 Å². The first-order valence-electron chi connectivity index (χ1n) is 6.46. The zero-order chi connectivity index (χ0) is 16.0. The van der Waals surface area contributed by atoms with Crippen molar-refractivity contribution in [3.05, 3.63) is 34.2 Å². The molecule has 0 aliphatic heterocycles. The maximum absolute atomic E-state index is 12.6. The van der Waals surface area contributed by atoms with Gasteiger partial charge in [-0.1, -0.05) is 6.92 Å². The lowest BCUT2D eigenvalue weighted by molar-refractivity contribution is -0.139. The molecule has 1 atom stereocenters. The van der Waals surface area contributed by atoms with Crippen molar-refractivity contribution < 1.29 is 23.1 Å². The second-order valence-corrected chi connectivity index (χ2v) is 4.54. The predicted octanol–water partition coefficient (Wildman–Crippen LogP) is 1.14. The molecular formula is C13H17F3N2O3. The van der Waals surface area contributed by atoms with Gasteiger partial charge in [-0.2, -0.15) is 13.2 Å². The quantitative estimate of drug-likeness (QED) is 0.828. The van der Waals surface area contributed by atoms with E-state index in [1.807, 2.05) is 0 Å². The Morgan fingerprint density at radius 2 is 2.14 bits per heavy atom. The van der Waals surface area contributed by atoms with Crippen LogP contribution in [0, 0.1) is 0 Å². The second kappa shape index (κ2) is 7.26. The highest BCUT2D eigenvalue weighted by molar-refractivity contribution is 5.76. The Bertz CT molecular complexity index is 540. The molecule has 1 amide bonds. The number of pyridine rings is 1. The molecule has 1 aromatic heterocycles. The molecule has 118 valence electrons. The van der Waals surface area contributed by atoms with Crippen molar-refractivity contribution in [3.63, 3.8) is 0 Å². The van der Waals surface area contributed by atoms with Crippen LogP contribution in [0.3, 0.4) is 0 Å². The number of nitrogens with zero attached hydrogens (tertiary/aromatic N) is 1. The van der Waals surface area contributed by atoms with E-state index < -0.39 is 29.8 Å². The van der Waals surface area contributed by atoms with E-state index in [2.05, 4.69) is 5.32 Å². The van der Waals surface area contributed by atoms with Crippen LogP contribution < -0.4 is 10.9 Å². The van der Waals surface area contributed by atoms with Crippen molar-refractivity contribution >= 4 is 5.91 Å². The Kier molecular flexibility index (Phi) is 5.95. The fourth-order valence-electron chi connectivity index (χ4n) is 1.84. The lowest BCUT2D eigenvalue weighted by Gasteiger charge is -2.16. The number of aromatic nitrogens is 1. The van der Waals surface area contributed by atoms with E-state index >= 15 is 0 Å². The van der Waals surface area contributed by atoms with E-state index in [0.717, 1.165) is 12.3 Å². The van der Waals surface area contributed by atoms with Crippen LogP contribution in [0.5, 0.6) is 0 Å². The normalized spacial score (nSPS) is 13.0. The number of alkyl halides is 3. The van der Waals surface area contributed by atoms with Crippen molar-refractivity contribution in [2.45, 2.75) is 38.5 Å². The second-order valence-electron chi connectivity index (χ2n) is 4.54. The summed E-state index contributed by atoms with van der Waals surface area (Å²) in [6, 6.07) is 1.48. The van der Waals surface area contributed by atoms with E-state index in [-0.39, 0.29) is 12.6 Å². The largest absolute Gasteiger partial charge is 0.421 e. The number of aliphatic hydroxyl groups excluding tert-OH is 1. The van der Waals surface area contributed by atoms with Crippen molar-refractivity contribution in [2.75, 3.05) is 6.61 Å². The first-order chi connectivity index (χ1) is 9.79. The number of amides is 1. The number of carbonyl (C=O) groups excluding carboxylic acids is 1. The zero-order valence-electron chi connectivity index (χ0n) is 11.5. The third-order valence-corrected chi connectivity index (χ3v) is 2.97. The Hall–Kier alpha value is -1.83. The van der Waals surface area contributed by atoms with E-state index in [9.17, 15) is 22.8 Å². The highest BCUT2D eigenvalue weighted by atomic mass is 19.4. The predicted molar refractivity (Wildman–Crippen MR) is 69.6 cm³/mol. The van der Waals surface area contributed by atoms with Gasteiger partial charge in [0.1, 0.15) is 12.1 Å². The number of aliphatic hydroxyl groups is 1. The molecule has 0 spiro atoms. The third kappa shape index (κ3) is 4.89. The van der Waals surface area contributed by atoms with Gasteiger partial charge in [0.05, 0.1) is 0 Å².